The summed E-state index contributed by atoms with van der Waals surface area (Å²) in [6, 6.07) is 3.66. The largest absolute Gasteiger partial charge is 0.335 e. The van der Waals surface area contributed by atoms with Crippen LogP contribution in [0.2, 0.25) is 0 Å². The smallest absolute Gasteiger partial charge is 0.319 e. The van der Waals surface area contributed by atoms with Crippen molar-refractivity contribution in [3.63, 3.8) is 0 Å². The summed E-state index contributed by atoms with van der Waals surface area (Å²) in [5, 5.41) is 5.62. The summed E-state index contributed by atoms with van der Waals surface area (Å²) in [7, 11) is 0. The van der Waals surface area contributed by atoms with E-state index in [1.54, 1.807) is 24.5 Å². The zero-order valence-electron chi connectivity index (χ0n) is 9.16. The Kier molecular flexibility index (Phi) is 4.60. The Labute approximate surface area is 90.1 Å². The molecule has 1 aromatic rings. The minimum Gasteiger partial charge on any atom is -0.335 e. The van der Waals surface area contributed by atoms with Crippen LogP contribution in [-0.2, 0) is 0 Å². The SMILES string of the molecule is CCC(CC)NC(=O)Nc1cccnc1. The van der Waals surface area contributed by atoms with Crippen molar-refractivity contribution in [2.45, 2.75) is 32.7 Å². The number of hydrogen-bond acceptors (Lipinski definition) is 2. The number of pyridine rings is 1. The molecule has 0 radical (unpaired) electrons. The lowest BCUT2D eigenvalue weighted by molar-refractivity contribution is 0.247. The number of rotatable bonds is 4. The Morgan fingerprint density at radius 3 is 2.73 bits per heavy atom. The highest BCUT2D eigenvalue weighted by molar-refractivity contribution is 5.89. The van der Waals surface area contributed by atoms with Gasteiger partial charge >= 0.3 is 6.03 Å². The molecule has 15 heavy (non-hydrogen) atoms. The molecule has 2 N–H and O–H groups in total. The number of nitrogens with one attached hydrogen (secondary N) is 2. The zero-order chi connectivity index (χ0) is 11.1. The Balaban J connectivity index is 2.43. The van der Waals surface area contributed by atoms with Crippen LogP contribution in [0.15, 0.2) is 24.5 Å². The molecule has 0 aliphatic carbocycles. The van der Waals surface area contributed by atoms with Crippen LogP contribution in [0.1, 0.15) is 26.7 Å². The molecule has 0 bridgehead atoms. The summed E-state index contributed by atoms with van der Waals surface area (Å²) in [5.41, 5.74) is 0.709. The maximum absolute atomic E-state index is 11.5. The first-order valence-electron chi connectivity index (χ1n) is 5.23. The van der Waals surface area contributed by atoms with Crippen molar-refractivity contribution in [1.82, 2.24) is 10.3 Å². The minimum absolute atomic E-state index is 0.170. The molecule has 0 saturated heterocycles. The number of urea groups is 1. The summed E-state index contributed by atoms with van der Waals surface area (Å²) in [5.74, 6) is 0. The standard InChI is InChI=1S/C11H17N3O/c1-3-9(4-2)13-11(15)14-10-6-5-7-12-8-10/h5-9H,3-4H2,1-2H3,(H2,13,14,15). The summed E-state index contributed by atoms with van der Waals surface area (Å²) in [4.78, 5) is 15.4. The minimum atomic E-state index is -0.170. The molecule has 0 spiro atoms. The Morgan fingerprint density at radius 2 is 2.20 bits per heavy atom. The first-order valence-corrected chi connectivity index (χ1v) is 5.23. The van der Waals surface area contributed by atoms with E-state index in [9.17, 15) is 4.79 Å². The molecule has 4 heteroatoms. The number of amides is 2. The Hall–Kier alpha value is -1.58. The third-order valence-corrected chi connectivity index (χ3v) is 2.24. The fourth-order valence-electron chi connectivity index (χ4n) is 1.28. The second-order valence-corrected chi connectivity index (χ2v) is 3.35. The quantitative estimate of drug-likeness (QED) is 0.796. The third kappa shape index (κ3) is 3.97. The van der Waals surface area contributed by atoms with Crippen molar-refractivity contribution in [1.29, 1.82) is 0 Å². The molecule has 1 heterocycles. The first kappa shape index (κ1) is 11.5. The van der Waals surface area contributed by atoms with Crippen LogP contribution in [0.25, 0.3) is 0 Å². The second-order valence-electron chi connectivity index (χ2n) is 3.35. The van der Waals surface area contributed by atoms with E-state index in [1.807, 2.05) is 0 Å². The molecule has 1 rings (SSSR count). The summed E-state index contributed by atoms with van der Waals surface area (Å²) >= 11 is 0. The van der Waals surface area contributed by atoms with Crippen LogP contribution in [0.3, 0.4) is 0 Å². The third-order valence-electron chi connectivity index (χ3n) is 2.24. The molecule has 0 fully saturated rings. The van der Waals surface area contributed by atoms with E-state index in [4.69, 9.17) is 0 Å². The van der Waals surface area contributed by atoms with Crippen LogP contribution in [0, 0.1) is 0 Å². The number of aromatic nitrogens is 1. The van der Waals surface area contributed by atoms with E-state index < -0.39 is 0 Å². The second kappa shape index (κ2) is 6.01. The highest BCUT2D eigenvalue weighted by Crippen LogP contribution is 2.03. The van der Waals surface area contributed by atoms with Gasteiger partial charge < -0.3 is 10.6 Å². The fourth-order valence-corrected chi connectivity index (χ4v) is 1.28. The normalized spacial score (nSPS) is 10.1. The molecular weight excluding hydrogens is 190 g/mol. The highest BCUT2D eigenvalue weighted by atomic mass is 16.2. The summed E-state index contributed by atoms with van der Waals surface area (Å²) < 4.78 is 0. The molecular formula is C11H17N3O. The molecule has 82 valence electrons. The summed E-state index contributed by atoms with van der Waals surface area (Å²) in [6.07, 6.45) is 5.17. The van der Waals surface area contributed by atoms with Gasteiger partial charge in [-0.05, 0) is 25.0 Å². The average molecular weight is 207 g/mol. The first-order chi connectivity index (χ1) is 7.26. The molecule has 1 aromatic heterocycles. The van der Waals surface area contributed by atoms with Crippen molar-refractivity contribution in [3.8, 4) is 0 Å². The summed E-state index contributed by atoms with van der Waals surface area (Å²) in [6.45, 7) is 4.11. The van der Waals surface area contributed by atoms with E-state index >= 15 is 0 Å². The topological polar surface area (TPSA) is 54.0 Å². The van der Waals surface area contributed by atoms with Gasteiger partial charge in [0, 0.05) is 12.2 Å². The highest BCUT2D eigenvalue weighted by Gasteiger charge is 2.07. The van der Waals surface area contributed by atoms with Gasteiger partial charge in [-0.1, -0.05) is 13.8 Å². The van der Waals surface area contributed by atoms with Crippen molar-refractivity contribution >= 4 is 11.7 Å². The Morgan fingerprint density at radius 1 is 1.47 bits per heavy atom. The molecule has 4 nitrogen and oxygen atoms in total. The maximum atomic E-state index is 11.5. The predicted molar refractivity (Wildman–Crippen MR) is 60.8 cm³/mol. The van der Waals surface area contributed by atoms with E-state index in [0.29, 0.717) is 5.69 Å². The molecule has 0 aliphatic heterocycles. The van der Waals surface area contributed by atoms with Crippen molar-refractivity contribution in [2.24, 2.45) is 0 Å². The van der Waals surface area contributed by atoms with Gasteiger partial charge in [0.25, 0.3) is 0 Å². The van der Waals surface area contributed by atoms with Gasteiger partial charge in [0.15, 0.2) is 0 Å². The van der Waals surface area contributed by atoms with Gasteiger partial charge in [-0.25, -0.2) is 4.79 Å². The number of hydrogen-bond donors (Lipinski definition) is 2. The monoisotopic (exact) mass is 207 g/mol. The van der Waals surface area contributed by atoms with Crippen LogP contribution in [0.5, 0.6) is 0 Å². The fraction of sp³-hybridized carbons (Fsp3) is 0.455. The van der Waals surface area contributed by atoms with Crippen LogP contribution in [0.4, 0.5) is 10.5 Å². The molecule has 0 aliphatic rings. The zero-order valence-corrected chi connectivity index (χ0v) is 9.16. The number of carbonyl (C=O) groups is 1. The van der Waals surface area contributed by atoms with Gasteiger partial charge in [0.1, 0.15) is 0 Å². The molecule has 0 unspecified atom stereocenters. The van der Waals surface area contributed by atoms with E-state index in [0.717, 1.165) is 12.8 Å². The molecule has 2 amide bonds. The van der Waals surface area contributed by atoms with E-state index in [-0.39, 0.29) is 12.1 Å². The van der Waals surface area contributed by atoms with Gasteiger partial charge in [-0.15, -0.1) is 0 Å². The van der Waals surface area contributed by atoms with Crippen LogP contribution < -0.4 is 10.6 Å². The van der Waals surface area contributed by atoms with E-state index in [2.05, 4.69) is 29.5 Å². The van der Waals surface area contributed by atoms with Gasteiger partial charge in [-0.2, -0.15) is 0 Å². The van der Waals surface area contributed by atoms with Crippen molar-refractivity contribution in [3.05, 3.63) is 24.5 Å². The average Bonchev–Trinajstić information content (AvgIpc) is 2.27. The van der Waals surface area contributed by atoms with Gasteiger partial charge in [0.2, 0.25) is 0 Å². The lowest BCUT2D eigenvalue weighted by atomic mass is 10.2. The number of carbonyl (C=O) groups excluding carboxylic acids is 1. The Bertz CT molecular complexity index is 296. The van der Waals surface area contributed by atoms with Gasteiger partial charge in [0.05, 0.1) is 11.9 Å². The lowest BCUT2D eigenvalue weighted by Crippen LogP contribution is -2.37. The van der Waals surface area contributed by atoms with Crippen molar-refractivity contribution in [2.75, 3.05) is 5.32 Å². The lowest BCUT2D eigenvalue weighted by Gasteiger charge is -2.15. The van der Waals surface area contributed by atoms with Crippen LogP contribution >= 0.6 is 0 Å². The maximum Gasteiger partial charge on any atom is 0.319 e. The number of anilines is 1. The molecule has 0 saturated carbocycles. The van der Waals surface area contributed by atoms with Crippen molar-refractivity contribution < 1.29 is 4.79 Å². The molecule has 0 aromatic carbocycles. The predicted octanol–water partition coefficient (Wildman–Crippen LogP) is 2.39. The van der Waals surface area contributed by atoms with Gasteiger partial charge in [-0.3, -0.25) is 4.98 Å². The van der Waals surface area contributed by atoms with Crippen LogP contribution in [-0.4, -0.2) is 17.1 Å². The number of nitrogens with zero attached hydrogens (tertiary/aromatic N) is 1. The van der Waals surface area contributed by atoms with E-state index in [1.165, 1.54) is 0 Å². The molecule has 0 atom stereocenters.